The summed E-state index contributed by atoms with van der Waals surface area (Å²) >= 11 is 0. The van der Waals surface area contributed by atoms with Crippen LogP contribution in [0.5, 0.6) is 0 Å². The lowest BCUT2D eigenvalue weighted by atomic mass is 9.97. The number of nitrogens with one attached hydrogen (secondary N) is 1. The standard InChI is InChI=1S/C16H27N3/c1-2-7-18-9-5-14(13-18)12-17-15-6-10-19-8-3-4-16(19)11-15/h5,9,13,15-17H,2-4,6-8,10-12H2,1H3. The van der Waals surface area contributed by atoms with Gasteiger partial charge in [0.2, 0.25) is 0 Å². The molecule has 0 radical (unpaired) electrons. The van der Waals surface area contributed by atoms with E-state index in [9.17, 15) is 0 Å². The summed E-state index contributed by atoms with van der Waals surface area (Å²) in [6.07, 6.45) is 11.2. The molecule has 3 nitrogen and oxygen atoms in total. The number of hydrogen-bond acceptors (Lipinski definition) is 2. The monoisotopic (exact) mass is 261 g/mol. The average molecular weight is 261 g/mol. The molecule has 0 aliphatic carbocycles. The third-order valence-corrected chi connectivity index (χ3v) is 4.71. The van der Waals surface area contributed by atoms with Crippen molar-refractivity contribution in [3.05, 3.63) is 24.0 Å². The van der Waals surface area contributed by atoms with Crippen LogP contribution in [0.2, 0.25) is 0 Å². The Labute approximate surface area is 117 Å². The number of fused-ring (bicyclic) bond motifs is 1. The van der Waals surface area contributed by atoms with E-state index in [4.69, 9.17) is 0 Å². The molecule has 2 fully saturated rings. The number of aromatic nitrogens is 1. The van der Waals surface area contributed by atoms with Gasteiger partial charge in [0.1, 0.15) is 0 Å². The number of piperidine rings is 1. The molecule has 0 spiro atoms. The van der Waals surface area contributed by atoms with Gasteiger partial charge in [0.05, 0.1) is 0 Å². The second-order valence-corrected chi connectivity index (χ2v) is 6.19. The fourth-order valence-corrected chi connectivity index (χ4v) is 3.66. The van der Waals surface area contributed by atoms with Crippen molar-refractivity contribution in [1.82, 2.24) is 14.8 Å². The second-order valence-electron chi connectivity index (χ2n) is 6.19. The van der Waals surface area contributed by atoms with Gasteiger partial charge in [0, 0.05) is 37.6 Å². The van der Waals surface area contributed by atoms with E-state index in [2.05, 4.69) is 40.2 Å². The first-order valence-corrected chi connectivity index (χ1v) is 7.97. The highest BCUT2D eigenvalue weighted by Crippen LogP contribution is 2.26. The second kappa shape index (κ2) is 6.10. The lowest BCUT2D eigenvalue weighted by molar-refractivity contribution is 0.166. The zero-order valence-corrected chi connectivity index (χ0v) is 12.1. The van der Waals surface area contributed by atoms with Crippen molar-refractivity contribution in [2.24, 2.45) is 0 Å². The lowest BCUT2D eigenvalue weighted by Crippen LogP contribution is -2.45. The third-order valence-electron chi connectivity index (χ3n) is 4.71. The third kappa shape index (κ3) is 3.21. The van der Waals surface area contributed by atoms with Gasteiger partial charge in [-0.25, -0.2) is 0 Å². The molecule has 1 aromatic heterocycles. The highest BCUT2D eigenvalue weighted by atomic mass is 15.2. The minimum atomic E-state index is 0.730. The Balaban J connectivity index is 1.46. The largest absolute Gasteiger partial charge is 0.354 e. The molecule has 0 saturated carbocycles. The van der Waals surface area contributed by atoms with Gasteiger partial charge in [0.15, 0.2) is 0 Å². The first-order valence-electron chi connectivity index (χ1n) is 7.97. The SMILES string of the molecule is CCCn1ccc(CNC2CCN3CCCC3C2)c1. The van der Waals surface area contributed by atoms with Crippen molar-refractivity contribution in [1.29, 1.82) is 0 Å². The predicted molar refractivity (Wildman–Crippen MR) is 79.2 cm³/mol. The van der Waals surface area contributed by atoms with Crippen molar-refractivity contribution in [3.63, 3.8) is 0 Å². The van der Waals surface area contributed by atoms with Crippen LogP contribution in [-0.2, 0) is 13.1 Å². The van der Waals surface area contributed by atoms with E-state index in [-0.39, 0.29) is 0 Å². The summed E-state index contributed by atoms with van der Waals surface area (Å²) < 4.78 is 2.30. The molecular formula is C16H27N3. The first-order chi connectivity index (χ1) is 9.35. The van der Waals surface area contributed by atoms with Crippen LogP contribution in [0.15, 0.2) is 18.5 Å². The molecule has 1 N–H and O–H groups in total. The highest BCUT2D eigenvalue weighted by Gasteiger charge is 2.31. The summed E-state index contributed by atoms with van der Waals surface area (Å²) in [5, 5.41) is 3.77. The van der Waals surface area contributed by atoms with E-state index in [1.54, 1.807) is 0 Å². The van der Waals surface area contributed by atoms with Crippen LogP contribution in [0.3, 0.4) is 0 Å². The molecule has 2 aliphatic heterocycles. The molecular weight excluding hydrogens is 234 g/mol. The van der Waals surface area contributed by atoms with Crippen molar-refractivity contribution < 1.29 is 0 Å². The summed E-state index contributed by atoms with van der Waals surface area (Å²) in [4.78, 5) is 2.69. The molecule has 19 heavy (non-hydrogen) atoms. The molecule has 3 heteroatoms. The Morgan fingerprint density at radius 1 is 1.32 bits per heavy atom. The van der Waals surface area contributed by atoms with Crippen LogP contribution in [0.1, 0.15) is 44.6 Å². The van der Waals surface area contributed by atoms with Crippen molar-refractivity contribution in [3.8, 4) is 0 Å². The summed E-state index contributed by atoms with van der Waals surface area (Å²) in [5.41, 5.74) is 1.43. The van der Waals surface area contributed by atoms with E-state index in [0.29, 0.717) is 0 Å². The molecule has 1 aromatic rings. The van der Waals surface area contributed by atoms with Gasteiger partial charge in [-0.1, -0.05) is 6.92 Å². The molecule has 2 saturated heterocycles. The minimum Gasteiger partial charge on any atom is -0.354 e. The Morgan fingerprint density at radius 3 is 3.16 bits per heavy atom. The molecule has 2 aliphatic rings. The van der Waals surface area contributed by atoms with Crippen LogP contribution in [0.4, 0.5) is 0 Å². The fourth-order valence-electron chi connectivity index (χ4n) is 3.66. The fraction of sp³-hybridized carbons (Fsp3) is 0.750. The zero-order valence-electron chi connectivity index (χ0n) is 12.1. The van der Waals surface area contributed by atoms with Gasteiger partial charge in [-0.3, -0.25) is 0 Å². The van der Waals surface area contributed by atoms with Gasteiger partial charge in [-0.2, -0.15) is 0 Å². The topological polar surface area (TPSA) is 20.2 Å². The maximum absolute atomic E-state index is 3.77. The lowest BCUT2D eigenvalue weighted by Gasteiger charge is -2.35. The predicted octanol–water partition coefficient (Wildman–Crippen LogP) is 2.61. The molecule has 3 heterocycles. The Kier molecular flexibility index (Phi) is 4.24. The average Bonchev–Trinajstić information content (AvgIpc) is 3.04. The van der Waals surface area contributed by atoms with E-state index < -0.39 is 0 Å². The maximum Gasteiger partial charge on any atom is 0.0223 e. The van der Waals surface area contributed by atoms with Crippen molar-refractivity contribution in [2.75, 3.05) is 13.1 Å². The van der Waals surface area contributed by atoms with E-state index in [1.165, 1.54) is 50.8 Å². The van der Waals surface area contributed by atoms with Gasteiger partial charge in [0.25, 0.3) is 0 Å². The molecule has 0 aromatic carbocycles. The van der Waals surface area contributed by atoms with Gasteiger partial charge < -0.3 is 14.8 Å². The Morgan fingerprint density at radius 2 is 2.26 bits per heavy atom. The molecule has 0 amide bonds. The van der Waals surface area contributed by atoms with E-state index in [1.807, 2.05) is 0 Å². The normalized spacial score (nSPS) is 27.6. The van der Waals surface area contributed by atoms with Crippen LogP contribution in [0, 0.1) is 0 Å². The van der Waals surface area contributed by atoms with Gasteiger partial charge in [-0.15, -0.1) is 0 Å². The molecule has 0 bridgehead atoms. The number of hydrogen-bond donors (Lipinski definition) is 1. The quantitative estimate of drug-likeness (QED) is 0.879. The van der Waals surface area contributed by atoms with Crippen molar-refractivity contribution in [2.45, 2.75) is 64.2 Å². The Bertz CT molecular complexity index is 398. The Hall–Kier alpha value is -0.800. The van der Waals surface area contributed by atoms with Gasteiger partial charge in [-0.05, 0) is 56.8 Å². The van der Waals surface area contributed by atoms with E-state index >= 15 is 0 Å². The number of nitrogens with zero attached hydrogens (tertiary/aromatic N) is 2. The number of rotatable bonds is 5. The van der Waals surface area contributed by atoms with Crippen LogP contribution in [0.25, 0.3) is 0 Å². The molecule has 2 unspecified atom stereocenters. The maximum atomic E-state index is 3.77. The zero-order chi connectivity index (χ0) is 13.1. The minimum absolute atomic E-state index is 0.730. The summed E-state index contributed by atoms with van der Waals surface area (Å²) in [6.45, 7) is 7.05. The molecule has 2 atom stereocenters. The van der Waals surface area contributed by atoms with Crippen LogP contribution < -0.4 is 5.32 Å². The van der Waals surface area contributed by atoms with Crippen LogP contribution >= 0.6 is 0 Å². The highest BCUT2D eigenvalue weighted by molar-refractivity contribution is 5.10. The first kappa shape index (κ1) is 13.2. The smallest absolute Gasteiger partial charge is 0.0223 e. The van der Waals surface area contributed by atoms with Crippen LogP contribution in [-0.4, -0.2) is 34.6 Å². The summed E-state index contributed by atoms with van der Waals surface area (Å²) in [6, 6.07) is 3.86. The molecule has 106 valence electrons. The number of aryl methyl sites for hydroxylation is 1. The van der Waals surface area contributed by atoms with E-state index in [0.717, 1.165) is 25.2 Å². The van der Waals surface area contributed by atoms with Crippen molar-refractivity contribution >= 4 is 0 Å². The summed E-state index contributed by atoms with van der Waals surface area (Å²) in [5.74, 6) is 0. The van der Waals surface area contributed by atoms with Gasteiger partial charge >= 0.3 is 0 Å². The summed E-state index contributed by atoms with van der Waals surface area (Å²) in [7, 11) is 0. The molecule has 3 rings (SSSR count).